The van der Waals surface area contributed by atoms with E-state index in [0.29, 0.717) is 6.54 Å². The monoisotopic (exact) mass is 526 g/mol. The van der Waals surface area contributed by atoms with Crippen molar-refractivity contribution < 1.29 is 14.3 Å². The minimum atomic E-state index is -0.237. The number of carbonyl (C=O) groups excluding carboxylic acids is 2. The lowest BCUT2D eigenvalue weighted by Gasteiger charge is -2.38. The first-order valence-corrected chi connectivity index (χ1v) is 13.6. The van der Waals surface area contributed by atoms with Gasteiger partial charge in [-0.05, 0) is 62.7 Å². The summed E-state index contributed by atoms with van der Waals surface area (Å²) < 4.78 is 0.773. The number of nitrogens with zero attached hydrogens (tertiary/aromatic N) is 3. The summed E-state index contributed by atoms with van der Waals surface area (Å²) in [6.07, 6.45) is 10.9. The van der Waals surface area contributed by atoms with E-state index < -0.39 is 0 Å². The molecule has 2 amide bonds. The Hall–Kier alpha value is -2.64. The van der Waals surface area contributed by atoms with Gasteiger partial charge in [-0.3, -0.25) is 9.59 Å². The molecular formula is C29H39ClN4O3. The third-order valence-electron chi connectivity index (χ3n) is 8.64. The van der Waals surface area contributed by atoms with Crippen molar-refractivity contribution in [2.45, 2.75) is 64.0 Å². The molecule has 2 aliphatic heterocycles. The summed E-state index contributed by atoms with van der Waals surface area (Å²) in [5.74, 6) is 0.644. The number of hydrogen-bond donors (Lipinski definition) is 1. The molecule has 5 rings (SSSR count). The maximum absolute atomic E-state index is 13.4. The number of rotatable bonds is 8. The van der Waals surface area contributed by atoms with E-state index in [2.05, 4.69) is 22.3 Å². The number of halogens is 1. The van der Waals surface area contributed by atoms with Crippen molar-refractivity contribution in [2.75, 3.05) is 26.2 Å². The number of aromatic nitrogens is 1. The third-order valence-corrected chi connectivity index (χ3v) is 8.64. The van der Waals surface area contributed by atoms with Gasteiger partial charge in [0.15, 0.2) is 12.4 Å². The lowest BCUT2D eigenvalue weighted by molar-refractivity contribution is -0.605. The summed E-state index contributed by atoms with van der Waals surface area (Å²) in [7, 11) is 0. The molecule has 200 valence electrons. The maximum atomic E-state index is 13.4. The largest absolute Gasteiger partial charge is 0.619 e. The third kappa shape index (κ3) is 6.44. The summed E-state index contributed by atoms with van der Waals surface area (Å²) in [5, 5.41) is 14.7. The van der Waals surface area contributed by atoms with E-state index in [1.165, 1.54) is 18.0 Å². The highest BCUT2D eigenvalue weighted by atomic mass is 35.5. The average Bonchev–Trinajstić information content (AvgIpc) is 3.55. The Morgan fingerprint density at radius 1 is 1.03 bits per heavy atom. The fourth-order valence-electron chi connectivity index (χ4n) is 6.28. The van der Waals surface area contributed by atoms with Crippen molar-refractivity contribution in [2.24, 2.45) is 11.3 Å². The Kier molecular flexibility index (Phi) is 9.08. The maximum Gasteiger partial charge on any atom is 0.229 e. The molecule has 0 radical (unpaired) electrons. The van der Waals surface area contributed by atoms with Gasteiger partial charge in [-0.2, -0.15) is 4.73 Å². The van der Waals surface area contributed by atoms with Gasteiger partial charge < -0.3 is 20.3 Å². The Bertz CT molecular complexity index is 1030. The fourth-order valence-corrected chi connectivity index (χ4v) is 6.28. The second-order valence-corrected chi connectivity index (χ2v) is 10.9. The van der Waals surface area contributed by atoms with Gasteiger partial charge in [-0.15, -0.1) is 12.4 Å². The lowest BCUT2D eigenvalue weighted by atomic mass is 9.77. The van der Waals surface area contributed by atoms with Crippen LogP contribution in [0.15, 0.2) is 54.9 Å². The molecule has 2 aromatic rings. The van der Waals surface area contributed by atoms with Crippen molar-refractivity contribution in [1.29, 1.82) is 0 Å². The van der Waals surface area contributed by atoms with Gasteiger partial charge >= 0.3 is 0 Å². The van der Waals surface area contributed by atoms with Gasteiger partial charge in [-0.25, -0.2) is 0 Å². The predicted molar refractivity (Wildman–Crippen MR) is 145 cm³/mol. The van der Waals surface area contributed by atoms with Crippen LogP contribution in [0.5, 0.6) is 0 Å². The predicted octanol–water partition coefficient (Wildman–Crippen LogP) is 3.99. The number of amides is 2. The van der Waals surface area contributed by atoms with Gasteiger partial charge in [0.25, 0.3) is 0 Å². The van der Waals surface area contributed by atoms with E-state index in [4.69, 9.17) is 0 Å². The molecule has 3 fully saturated rings. The Morgan fingerprint density at radius 2 is 1.68 bits per heavy atom. The average molecular weight is 527 g/mol. The van der Waals surface area contributed by atoms with E-state index in [-0.39, 0.29) is 41.6 Å². The summed E-state index contributed by atoms with van der Waals surface area (Å²) in [4.78, 5) is 30.7. The van der Waals surface area contributed by atoms with Crippen LogP contribution in [0, 0.1) is 16.5 Å². The molecule has 1 spiro atoms. The normalized spacial score (nSPS) is 20.6. The van der Waals surface area contributed by atoms with Crippen LogP contribution >= 0.6 is 12.4 Å². The number of nitrogens with one attached hydrogen (secondary N) is 1. The molecule has 1 saturated carbocycles. The van der Waals surface area contributed by atoms with Gasteiger partial charge in [0.1, 0.15) is 0 Å². The zero-order chi connectivity index (χ0) is 25.0. The molecule has 1 aliphatic carbocycles. The van der Waals surface area contributed by atoms with Gasteiger partial charge in [-0.1, -0.05) is 43.2 Å². The molecule has 3 aliphatic rings. The van der Waals surface area contributed by atoms with Crippen LogP contribution in [0.25, 0.3) is 0 Å². The van der Waals surface area contributed by atoms with Crippen LogP contribution in [-0.2, 0) is 16.1 Å². The lowest BCUT2D eigenvalue weighted by Crippen LogP contribution is -2.45. The molecule has 0 bridgehead atoms. The summed E-state index contributed by atoms with van der Waals surface area (Å²) in [6, 6.07) is 13.9. The summed E-state index contributed by atoms with van der Waals surface area (Å²) in [5.41, 5.74) is 1.93. The van der Waals surface area contributed by atoms with E-state index >= 15 is 0 Å². The highest BCUT2D eigenvalue weighted by Crippen LogP contribution is 2.42. The molecule has 1 aromatic carbocycles. The van der Waals surface area contributed by atoms with E-state index in [9.17, 15) is 14.8 Å². The van der Waals surface area contributed by atoms with Crippen molar-refractivity contribution in [3.63, 3.8) is 0 Å². The van der Waals surface area contributed by atoms with Crippen LogP contribution in [-0.4, -0.2) is 47.8 Å². The molecule has 1 aromatic heterocycles. The number of benzene rings is 1. The highest BCUT2D eigenvalue weighted by molar-refractivity contribution is 5.85. The van der Waals surface area contributed by atoms with Crippen molar-refractivity contribution in [3.8, 4) is 0 Å². The second kappa shape index (κ2) is 12.3. The Labute approximate surface area is 226 Å². The molecule has 8 heteroatoms. The first-order valence-electron chi connectivity index (χ1n) is 13.6. The molecule has 3 heterocycles. The zero-order valence-corrected chi connectivity index (χ0v) is 22.3. The smallest absolute Gasteiger partial charge is 0.229 e. The zero-order valence-electron chi connectivity index (χ0n) is 21.5. The summed E-state index contributed by atoms with van der Waals surface area (Å²) >= 11 is 0. The number of hydrogen-bond acceptors (Lipinski definition) is 4. The van der Waals surface area contributed by atoms with Gasteiger partial charge in [0.05, 0.1) is 11.5 Å². The molecule has 2 saturated heterocycles. The molecule has 7 nitrogen and oxygen atoms in total. The molecule has 1 atom stereocenters. The molecule has 37 heavy (non-hydrogen) atoms. The van der Waals surface area contributed by atoms with Crippen LogP contribution < -0.4 is 10.0 Å². The van der Waals surface area contributed by atoms with Crippen molar-refractivity contribution >= 4 is 24.2 Å². The van der Waals surface area contributed by atoms with Gasteiger partial charge in [0.2, 0.25) is 11.8 Å². The number of piperidine rings is 1. The number of likely N-dealkylation sites (tertiary alicyclic amines) is 2. The second-order valence-electron chi connectivity index (χ2n) is 10.9. The number of carbonyl (C=O) groups is 2. The highest BCUT2D eigenvalue weighted by Gasteiger charge is 2.47. The molecule has 0 unspecified atom stereocenters. The van der Waals surface area contributed by atoms with Crippen LogP contribution in [0.4, 0.5) is 0 Å². The standard InChI is InChI=1S/C29H38N4O3.ClH/c34-27(25-8-4-5-9-25)30-26(24-6-2-1-3-7-24)12-16-31-19-13-29(14-20-31)15-21-32(28(29)35)22-23-10-17-33(36)18-11-23;/h1-3,6-7,10-11,17-18,25-26H,4-5,8-9,12-16,19-22H2,(H,30,34);1H/t26-;/m0./s1. The molecule has 1 N–H and O–H groups in total. The van der Waals surface area contributed by atoms with Gasteiger partial charge in [0, 0.05) is 37.7 Å². The minimum Gasteiger partial charge on any atom is -0.619 e. The number of pyridine rings is 1. The van der Waals surface area contributed by atoms with E-state index in [1.54, 1.807) is 12.1 Å². The quantitative estimate of drug-likeness (QED) is 0.416. The fraction of sp³-hybridized carbons (Fsp3) is 0.552. The first-order chi connectivity index (χ1) is 17.5. The summed E-state index contributed by atoms with van der Waals surface area (Å²) in [6.45, 7) is 4.11. The van der Waals surface area contributed by atoms with Crippen molar-refractivity contribution in [3.05, 3.63) is 71.2 Å². The van der Waals surface area contributed by atoms with Crippen LogP contribution in [0.1, 0.15) is 68.5 Å². The Morgan fingerprint density at radius 3 is 2.35 bits per heavy atom. The Balaban J connectivity index is 0.00000320. The van der Waals surface area contributed by atoms with Crippen LogP contribution in [0.3, 0.4) is 0 Å². The topological polar surface area (TPSA) is 79.6 Å². The van der Waals surface area contributed by atoms with E-state index in [0.717, 1.165) is 87.8 Å². The SMILES string of the molecule is Cl.O=C(N[C@@H](CCN1CCC2(CC1)CCN(Cc1cc[n+]([O-])cc1)C2=O)c1ccccc1)C1CCCC1. The minimum absolute atomic E-state index is 0. The van der Waals surface area contributed by atoms with Crippen molar-refractivity contribution in [1.82, 2.24) is 15.1 Å². The van der Waals surface area contributed by atoms with Crippen LogP contribution in [0.2, 0.25) is 0 Å². The first kappa shape index (κ1) is 27.4. The van der Waals surface area contributed by atoms with E-state index in [1.807, 2.05) is 23.1 Å². The molecular weight excluding hydrogens is 488 g/mol.